The molecule has 6 nitrogen and oxygen atoms in total. The molecule has 0 spiro atoms. The topological polar surface area (TPSA) is 74.3 Å². The van der Waals surface area contributed by atoms with Crippen LogP contribution >= 0.6 is 0 Å². The maximum absolute atomic E-state index is 13.4. The van der Waals surface area contributed by atoms with Crippen molar-refractivity contribution in [2.45, 2.75) is 26.7 Å². The Balaban J connectivity index is 2.15. The van der Waals surface area contributed by atoms with Crippen LogP contribution in [0.4, 0.5) is 0 Å². The molecular formula is C22H20N2O4. The van der Waals surface area contributed by atoms with E-state index in [1.165, 1.54) is 11.7 Å². The molecule has 0 radical (unpaired) electrons. The van der Waals surface area contributed by atoms with Crippen molar-refractivity contribution >= 4 is 22.1 Å². The summed E-state index contributed by atoms with van der Waals surface area (Å²) in [7, 11) is 1.54. The molecule has 2 heterocycles. The van der Waals surface area contributed by atoms with E-state index in [4.69, 9.17) is 9.15 Å². The first kappa shape index (κ1) is 18.0. The Morgan fingerprint density at radius 2 is 1.79 bits per heavy atom. The van der Waals surface area contributed by atoms with Crippen molar-refractivity contribution in [3.63, 3.8) is 0 Å². The molecule has 0 aliphatic heterocycles. The van der Waals surface area contributed by atoms with E-state index in [-0.39, 0.29) is 17.0 Å². The Bertz CT molecular complexity index is 1320. The highest BCUT2D eigenvalue weighted by Crippen LogP contribution is 2.23. The molecule has 0 unspecified atom stereocenters. The van der Waals surface area contributed by atoms with Gasteiger partial charge in [0.25, 0.3) is 5.56 Å². The first-order valence-electron chi connectivity index (χ1n) is 9.05. The number of fused-ring (bicyclic) bond motifs is 2. The van der Waals surface area contributed by atoms with Gasteiger partial charge >= 0.3 is 0 Å². The first-order valence-corrected chi connectivity index (χ1v) is 9.05. The van der Waals surface area contributed by atoms with Gasteiger partial charge in [0.1, 0.15) is 17.2 Å². The highest BCUT2D eigenvalue weighted by Gasteiger charge is 2.20. The molecule has 0 aliphatic rings. The van der Waals surface area contributed by atoms with Crippen molar-refractivity contribution in [3.8, 4) is 11.4 Å². The fourth-order valence-corrected chi connectivity index (χ4v) is 3.26. The maximum Gasteiger partial charge on any atom is 0.273 e. The third-order valence-corrected chi connectivity index (χ3v) is 4.75. The van der Waals surface area contributed by atoms with Gasteiger partial charge in [0.05, 0.1) is 18.2 Å². The fourth-order valence-electron chi connectivity index (χ4n) is 3.26. The number of rotatable bonds is 3. The second kappa shape index (κ2) is 6.64. The quantitative estimate of drug-likeness (QED) is 0.507. The first-order chi connectivity index (χ1) is 13.4. The second-order valence-corrected chi connectivity index (χ2v) is 7.07. The number of methoxy groups -OCH3 is 1. The van der Waals surface area contributed by atoms with Gasteiger partial charge in [0.15, 0.2) is 5.39 Å². The monoisotopic (exact) mass is 376 g/mol. The lowest BCUT2D eigenvalue weighted by Gasteiger charge is -2.15. The van der Waals surface area contributed by atoms with E-state index in [1.807, 2.05) is 45.0 Å². The average molecular weight is 376 g/mol. The van der Waals surface area contributed by atoms with E-state index in [1.54, 1.807) is 18.2 Å². The summed E-state index contributed by atoms with van der Waals surface area (Å²) >= 11 is 0. The smallest absolute Gasteiger partial charge is 0.273 e. The molecule has 0 N–H and O–H groups in total. The molecular weight excluding hydrogens is 356 g/mol. The van der Waals surface area contributed by atoms with Crippen molar-refractivity contribution in [1.82, 2.24) is 9.55 Å². The van der Waals surface area contributed by atoms with Crippen molar-refractivity contribution in [2.24, 2.45) is 0 Å². The molecule has 6 heteroatoms. The van der Waals surface area contributed by atoms with Crippen molar-refractivity contribution in [1.29, 1.82) is 0 Å². The lowest BCUT2D eigenvalue weighted by molar-refractivity contribution is 0.414. The molecule has 0 bridgehead atoms. The zero-order chi connectivity index (χ0) is 20.0. The number of aryl methyl sites for hydroxylation is 1. The van der Waals surface area contributed by atoms with Crippen LogP contribution in [0.1, 0.15) is 31.2 Å². The number of hydrogen-bond acceptors (Lipinski definition) is 5. The van der Waals surface area contributed by atoms with E-state index in [0.717, 1.165) is 5.56 Å². The van der Waals surface area contributed by atoms with Crippen LogP contribution in [0.2, 0.25) is 0 Å². The number of aromatic nitrogens is 2. The molecule has 2 aromatic heterocycles. The molecule has 4 rings (SSSR count). The third-order valence-electron chi connectivity index (χ3n) is 4.75. The Hall–Kier alpha value is -3.41. The van der Waals surface area contributed by atoms with Crippen LogP contribution in [0.25, 0.3) is 27.8 Å². The predicted octanol–water partition coefficient (Wildman–Crippen LogP) is 3.93. The predicted molar refractivity (Wildman–Crippen MR) is 109 cm³/mol. The Morgan fingerprint density at radius 1 is 1.07 bits per heavy atom. The molecule has 142 valence electrons. The summed E-state index contributed by atoms with van der Waals surface area (Å²) in [6.07, 6.45) is 0. The summed E-state index contributed by atoms with van der Waals surface area (Å²) in [6.45, 7) is 5.87. The summed E-state index contributed by atoms with van der Waals surface area (Å²) in [4.78, 5) is 31.0. The summed E-state index contributed by atoms with van der Waals surface area (Å²) < 4.78 is 12.5. The molecule has 0 saturated heterocycles. The Kier molecular flexibility index (Phi) is 4.26. The zero-order valence-electron chi connectivity index (χ0n) is 16.1. The minimum atomic E-state index is -0.427. The van der Waals surface area contributed by atoms with Crippen LogP contribution in [-0.2, 0) is 0 Å². The van der Waals surface area contributed by atoms with Crippen LogP contribution < -0.4 is 15.7 Å². The molecule has 0 amide bonds. The standard InChI is InChI=1S/C22H20N2O4/c1-12(2)20-23-21-18(22(26)24(20)14-7-5-13(3)6-8-14)19(25)16-10-9-15(27-4)11-17(16)28-21/h5-12H,1-4H3. The molecule has 4 aromatic rings. The number of ether oxygens (including phenoxy) is 1. The molecule has 0 saturated carbocycles. The number of nitrogens with zero attached hydrogens (tertiary/aromatic N) is 2. The summed E-state index contributed by atoms with van der Waals surface area (Å²) in [5.74, 6) is 1.04. The van der Waals surface area contributed by atoms with Crippen LogP contribution in [0.15, 0.2) is 56.5 Å². The van der Waals surface area contributed by atoms with Gasteiger partial charge in [-0.05, 0) is 31.2 Å². The van der Waals surface area contributed by atoms with Gasteiger partial charge in [-0.2, -0.15) is 4.98 Å². The van der Waals surface area contributed by atoms with E-state index in [9.17, 15) is 9.59 Å². The molecule has 0 fully saturated rings. The van der Waals surface area contributed by atoms with Crippen molar-refractivity contribution < 1.29 is 9.15 Å². The van der Waals surface area contributed by atoms with Gasteiger partial charge in [0, 0.05) is 12.0 Å². The molecule has 28 heavy (non-hydrogen) atoms. The second-order valence-electron chi connectivity index (χ2n) is 7.07. The number of benzene rings is 2. The van der Waals surface area contributed by atoms with Crippen LogP contribution in [0.3, 0.4) is 0 Å². The van der Waals surface area contributed by atoms with Crippen molar-refractivity contribution in [3.05, 3.63) is 74.4 Å². The van der Waals surface area contributed by atoms with Crippen LogP contribution in [-0.4, -0.2) is 16.7 Å². The Morgan fingerprint density at radius 3 is 2.43 bits per heavy atom. The fraction of sp³-hybridized carbons (Fsp3) is 0.227. The van der Waals surface area contributed by atoms with E-state index in [2.05, 4.69) is 4.98 Å². The highest BCUT2D eigenvalue weighted by molar-refractivity contribution is 5.88. The zero-order valence-corrected chi connectivity index (χ0v) is 16.1. The lowest BCUT2D eigenvalue weighted by Crippen LogP contribution is -2.28. The molecule has 0 aliphatic carbocycles. The maximum atomic E-state index is 13.4. The van der Waals surface area contributed by atoms with Gasteiger partial charge in [-0.25, -0.2) is 0 Å². The third kappa shape index (κ3) is 2.78. The largest absolute Gasteiger partial charge is 0.497 e. The van der Waals surface area contributed by atoms with Crippen molar-refractivity contribution in [2.75, 3.05) is 7.11 Å². The van der Waals surface area contributed by atoms with Crippen LogP contribution in [0, 0.1) is 6.92 Å². The number of hydrogen-bond donors (Lipinski definition) is 0. The molecule has 2 aromatic carbocycles. The normalized spacial score (nSPS) is 11.5. The van der Waals surface area contributed by atoms with Gasteiger partial charge in [-0.15, -0.1) is 0 Å². The van der Waals surface area contributed by atoms with E-state index >= 15 is 0 Å². The summed E-state index contributed by atoms with van der Waals surface area (Å²) in [5.41, 5.74) is 1.31. The van der Waals surface area contributed by atoms with E-state index in [0.29, 0.717) is 28.2 Å². The van der Waals surface area contributed by atoms with Gasteiger partial charge in [0.2, 0.25) is 11.1 Å². The van der Waals surface area contributed by atoms with Gasteiger partial charge in [-0.3, -0.25) is 14.2 Å². The summed E-state index contributed by atoms with van der Waals surface area (Å²) in [6, 6.07) is 12.4. The lowest BCUT2D eigenvalue weighted by atomic mass is 10.1. The minimum Gasteiger partial charge on any atom is -0.497 e. The Labute approximate surface area is 161 Å². The molecule has 0 atom stereocenters. The van der Waals surface area contributed by atoms with Crippen LogP contribution in [0.5, 0.6) is 5.75 Å². The average Bonchev–Trinajstić information content (AvgIpc) is 2.68. The van der Waals surface area contributed by atoms with Gasteiger partial charge in [-0.1, -0.05) is 31.5 Å². The minimum absolute atomic E-state index is 0.0443. The summed E-state index contributed by atoms with van der Waals surface area (Å²) in [5, 5.41) is 0.266. The van der Waals surface area contributed by atoms with E-state index < -0.39 is 11.0 Å². The van der Waals surface area contributed by atoms with Gasteiger partial charge < -0.3 is 9.15 Å². The SMILES string of the molecule is COc1ccc2c(=O)c3c(=O)n(-c4ccc(C)cc4)c(C(C)C)nc3oc2c1. The highest BCUT2D eigenvalue weighted by atomic mass is 16.5.